The average Bonchev–Trinajstić information content (AvgIpc) is 2.23. The molecule has 4 heteroatoms. The quantitative estimate of drug-likeness (QED) is 0.613. The second-order valence-electron chi connectivity index (χ2n) is 3.54. The van der Waals surface area contributed by atoms with Crippen LogP contribution in [-0.4, -0.2) is 11.4 Å². The van der Waals surface area contributed by atoms with Gasteiger partial charge in [0.15, 0.2) is 0 Å². The van der Waals surface area contributed by atoms with E-state index in [-0.39, 0.29) is 12.2 Å². The van der Waals surface area contributed by atoms with Crippen LogP contribution in [0.3, 0.4) is 0 Å². The number of aryl methyl sites for hydroxylation is 1. The first-order valence-corrected chi connectivity index (χ1v) is 4.82. The molecule has 2 aromatic rings. The molecule has 1 N–H and O–H groups in total. The number of hydrogen-bond donors (Lipinski definition) is 1. The summed E-state index contributed by atoms with van der Waals surface area (Å²) in [7, 11) is 0. The molecular formula is C12H10O4. The van der Waals surface area contributed by atoms with Gasteiger partial charge in [-0.05, 0) is 24.6 Å². The van der Waals surface area contributed by atoms with Crippen molar-refractivity contribution in [1.82, 2.24) is 0 Å². The van der Waals surface area contributed by atoms with Gasteiger partial charge in [-0.1, -0.05) is 0 Å². The summed E-state index contributed by atoms with van der Waals surface area (Å²) >= 11 is 0. The van der Waals surface area contributed by atoms with Crippen LogP contribution >= 0.6 is 0 Å². The Morgan fingerprint density at radius 3 is 2.88 bits per heavy atom. The van der Waals surface area contributed by atoms with E-state index in [1.54, 1.807) is 13.0 Å². The van der Waals surface area contributed by atoms with Crippen LogP contribution in [0.5, 0.6) is 5.75 Å². The van der Waals surface area contributed by atoms with Gasteiger partial charge in [-0.25, -0.2) is 4.79 Å². The lowest BCUT2D eigenvalue weighted by atomic mass is 10.0. The number of rotatable bonds is 2. The maximum absolute atomic E-state index is 11.5. The molecule has 0 bridgehead atoms. The first-order valence-electron chi connectivity index (χ1n) is 4.82. The summed E-state index contributed by atoms with van der Waals surface area (Å²) in [5.74, 6) is 0.0400. The van der Waals surface area contributed by atoms with Crippen LogP contribution in [-0.2, 0) is 11.2 Å². The molecule has 0 fully saturated rings. The van der Waals surface area contributed by atoms with E-state index in [0.29, 0.717) is 17.4 Å². The first kappa shape index (κ1) is 10.4. The minimum Gasteiger partial charge on any atom is -0.508 e. The van der Waals surface area contributed by atoms with E-state index in [9.17, 15) is 14.7 Å². The van der Waals surface area contributed by atoms with Crippen LogP contribution in [0.15, 0.2) is 27.4 Å². The molecule has 1 aromatic carbocycles. The molecule has 1 heterocycles. The van der Waals surface area contributed by atoms with Crippen molar-refractivity contribution in [2.75, 3.05) is 0 Å². The monoisotopic (exact) mass is 218 g/mol. The third-order valence-corrected chi connectivity index (χ3v) is 2.56. The highest BCUT2D eigenvalue weighted by atomic mass is 16.4. The molecule has 0 amide bonds. The van der Waals surface area contributed by atoms with Gasteiger partial charge in [0.25, 0.3) is 0 Å². The molecule has 0 atom stereocenters. The van der Waals surface area contributed by atoms with Crippen molar-refractivity contribution in [2.45, 2.75) is 13.3 Å². The van der Waals surface area contributed by atoms with Gasteiger partial charge in [0.2, 0.25) is 0 Å². The Labute approximate surface area is 91.1 Å². The van der Waals surface area contributed by atoms with Crippen molar-refractivity contribution in [3.8, 4) is 5.75 Å². The number of benzene rings is 1. The van der Waals surface area contributed by atoms with Gasteiger partial charge >= 0.3 is 5.63 Å². The molecule has 0 radical (unpaired) electrons. The lowest BCUT2D eigenvalue weighted by Gasteiger charge is -2.05. The molecule has 4 nitrogen and oxygen atoms in total. The van der Waals surface area contributed by atoms with E-state index in [4.69, 9.17) is 4.42 Å². The van der Waals surface area contributed by atoms with Crippen molar-refractivity contribution in [1.29, 1.82) is 0 Å². The minimum atomic E-state index is -0.525. The van der Waals surface area contributed by atoms with E-state index < -0.39 is 5.63 Å². The number of phenols is 1. The normalized spacial score (nSPS) is 10.6. The fraction of sp³-hybridized carbons (Fsp3) is 0.167. The molecule has 16 heavy (non-hydrogen) atoms. The molecular weight excluding hydrogens is 208 g/mol. The van der Waals surface area contributed by atoms with Crippen LogP contribution in [0.4, 0.5) is 0 Å². The summed E-state index contributed by atoms with van der Waals surface area (Å²) in [6.07, 6.45) is 0.719. The Morgan fingerprint density at radius 2 is 2.19 bits per heavy atom. The summed E-state index contributed by atoms with van der Waals surface area (Å²) < 4.78 is 5.03. The van der Waals surface area contributed by atoms with Crippen molar-refractivity contribution < 1.29 is 14.3 Å². The summed E-state index contributed by atoms with van der Waals surface area (Å²) in [5.41, 5.74) is 0.895. The van der Waals surface area contributed by atoms with E-state index >= 15 is 0 Å². The standard InChI is InChI=1S/C12H10O4/c1-7-9-3-2-8(14)6-11(9)16-12(15)10(7)4-5-13/h2-3,5-6,14H,4H2,1H3. The number of carbonyl (C=O) groups excluding carboxylic acids is 1. The van der Waals surface area contributed by atoms with Crippen molar-refractivity contribution in [3.05, 3.63) is 39.7 Å². The molecule has 0 saturated heterocycles. The smallest absolute Gasteiger partial charge is 0.340 e. The van der Waals surface area contributed by atoms with Gasteiger partial charge < -0.3 is 14.3 Å². The highest BCUT2D eigenvalue weighted by Crippen LogP contribution is 2.23. The van der Waals surface area contributed by atoms with Crippen LogP contribution in [0.1, 0.15) is 11.1 Å². The molecule has 82 valence electrons. The molecule has 0 saturated carbocycles. The highest BCUT2D eigenvalue weighted by Gasteiger charge is 2.10. The van der Waals surface area contributed by atoms with E-state index in [1.807, 2.05) is 0 Å². The maximum atomic E-state index is 11.5. The predicted octanol–water partition coefficient (Wildman–Crippen LogP) is 1.55. The van der Waals surface area contributed by atoms with Crippen LogP contribution in [0, 0.1) is 6.92 Å². The molecule has 2 rings (SSSR count). The Kier molecular flexibility index (Phi) is 2.48. The van der Waals surface area contributed by atoms with E-state index in [0.717, 1.165) is 10.9 Å². The van der Waals surface area contributed by atoms with Crippen molar-refractivity contribution in [2.24, 2.45) is 0 Å². The van der Waals surface area contributed by atoms with Gasteiger partial charge in [0.1, 0.15) is 17.6 Å². The van der Waals surface area contributed by atoms with Gasteiger partial charge in [-0.15, -0.1) is 0 Å². The minimum absolute atomic E-state index is 0.0400. The number of aldehydes is 1. The number of carbonyl (C=O) groups is 1. The van der Waals surface area contributed by atoms with Crippen molar-refractivity contribution >= 4 is 17.3 Å². The lowest BCUT2D eigenvalue weighted by Crippen LogP contribution is -2.10. The molecule has 0 spiro atoms. The predicted molar refractivity (Wildman–Crippen MR) is 58.7 cm³/mol. The summed E-state index contributed by atoms with van der Waals surface area (Å²) in [6.45, 7) is 1.76. The van der Waals surface area contributed by atoms with Crippen molar-refractivity contribution in [3.63, 3.8) is 0 Å². The number of aromatic hydroxyl groups is 1. The third-order valence-electron chi connectivity index (χ3n) is 2.56. The first-order chi connectivity index (χ1) is 7.63. The molecule has 0 aliphatic carbocycles. The van der Waals surface area contributed by atoms with Gasteiger partial charge in [-0.2, -0.15) is 0 Å². The Bertz CT molecular complexity index is 610. The zero-order valence-corrected chi connectivity index (χ0v) is 8.69. The molecule has 0 aliphatic rings. The second kappa shape index (κ2) is 3.81. The molecule has 0 unspecified atom stereocenters. The SMILES string of the molecule is Cc1c(CC=O)c(=O)oc2cc(O)ccc12. The molecule has 0 aliphatic heterocycles. The molecule has 1 aromatic heterocycles. The van der Waals surface area contributed by atoms with E-state index in [2.05, 4.69) is 0 Å². The Morgan fingerprint density at radius 1 is 1.44 bits per heavy atom. The lowest BCUT2D eigenvalue weighted by molar-refractivity contribution is -0.107. The van der Waals surface area contributed by atoms with E-state index in [1.165, 1.54) is 12.1 Å². The Hall–Kier alpha value is -2.10. The second-order valence-corrected chi connectivity index (χ2v) is 3.54. The van der Waals surface area contributed by atoms with Crippen LogP contribution in [0.2, 0.25) is 0 Å². The number of fused-ring (bicyclic) bond motifs is 1. The van der Waals surface area contributed by atoms with Gasteiger partial charge in [0.05, 0.1) is 0 Å². The fourth-order valence-electron chi connectivity index (χ4n) is 1.70. The third kappa shape index (κ3) is 1.58. The van der Waals surface area contributed by atoms with Crippen LogP contribution < -0.4 is 5.63 Å². The zero-order chi connectivity index (χ0) is 11.7. The maximum Gasteiger partial charge on any atom is 0.340 e. The fourth-order valence-corrected chi connectivity index (χ4v) is 1.70. The average molecular weight is 218 g/mol. The largest absolute Gasteiger partial charge is 0.508 e. The zero-order valence-electron chi connectivity index (χ0n) is 8.69. The van der Waals surface area contributed by atoms with Gasteiger partial charge in [-0.3, -0.25) is 0 Å². The summed E-state index contributed by atoms with van der Waals surface area (Å²) in [4.78, 5) is 22.0. The van der Waals surface area contributed by atoms with Crippen LogP contribution in [0.25, 0.3) is 11.0 Å². The number of phenolic OH excluding ortho intramolecular Hbond substituents is 1. The number of hydrogen-bond acceptors (Lipinski definition) is 4. The summed E-state index contributed by atoms with van der Waals surface area (Å²) in [5, 5.41) is 10.00. The Balaban J connectivity index is 2.83. The highest BCUT2D eigenvalue weighted by molar-refractivity contribution is 5.82. The summed E-state index contributed by atoms with van der Waals surface area (Å²) in [6, 6.07) is 4.56. The van der Waals surface area contributed by atoms with Gasteiger partial charge in [0, 0.05) is 23.4 Å². The topological polar surface area (TPSA) is 67.5 Å².